The molecule has 6 heteroatoms. The zero-order valence-electron chi connectivity index (χ0n) is 9.64. The lowest BCUT2D eigenvalue weighted by molar-refractivity contribution is 0.409. The number of hydrogen-bond acceptors (Lipinski definition) is 4. The van der Waals surface area contributed by atoms with Crippen molar-refractivity contribution < 1.29 is 13.2 Å². The van der Waals surface area contributed by atoms with Crippen LogP contribution in [0.1, 0.15) is 19.3 Å². The minimum absolute atomic E-state index is 0.0973. The molecule has 0 aliphatic heterocycles. The third kappa shape index (κ3) is 2.70. The SMILES string of the molecule is COc1ccc(S(N)(=O)=O)cc1NC1CCC1. The molecule has 0 bridgehead atoms. The number of benzene rings is 1. The quantitative estimate of drug-likeness (QED) is 0.851. The van der Waals surface area contributed by atoms with Crippen LogP contribution in [0.4, 0.5) is 5.69 Å². The van der Waals surface area contributed by atoms with Crippen molar-refractivity contribution in [2.75, 3.05) is 12.4 Å². The number of ether oxygens (including phenoxy) is 1. The van der Waals surface area contributed by atoms with Gasteiger partial charge in [-0.25, -0.2) is 13.6 Å². The molecule has 2 rings (SSSR count). The Hall–Kier alpha value is -1.27. The van der Waals surface area contributed by atoms with Gasteiger partial charge in [0.2, 0.25) is 10.0 Å². The lowest BCUT2D eigenvalue weighted by Gasteiger charge is -2.28. The van der Waals surface area contributed by atoms with Gasteiger partial charge in [0.25, 0.3) is 0 Å². The van der Waals surface area contributed by atoms with Crippen LogP contribution in [0.3, 0.4) is 0 Å². The van der Waals surface area contributed by atoms with Gasteiger partial charge in [0.05, 0.1) is 17.7 Å². The van der Waals surface area contributed by atoms with E-state index >= 15 is 0 Å². The number of rotatable bonds is 4. The second-order valence-corrected chi connectivity index (χ2v) is 5.74. The summed E-state index contributed by atoms with van der Waals surface area (Å²) in [5.41, 5.74) is 0.684. The molecule has 1 saturated carbocycles. The molecule has 5 nitrogen and oxygen atoms in total. The number of nitrogens with two attached hydrogens (primary N) is 1. The molecule has 0 heterocycles. The van der Waals surface area contributed by atoms with E-state index in [0.717, 1.165) is 12.8 Å². The molecule has 0 radical (unpaired) electrons. The highest BCUT2D eigenvalue weighted by Gasteiger charge is 2.19. The van der Waals surface area contributed by atoms with Crippen molar-refractivity contribution in [1.29, 1.82) is 0 Å². The third-order valence-electron chi connectivity index (χ3n) is 2.96. The Balaban J connectivity index is 2.32. The van der Waals surface area contributed by atoms with Crippen LogP contribution in [0.15, 0.2) is 23.1 Å². The fourth-order valence-corrected chi connectivity index (χ4v) is 2.29. The predicted octanol–water partition coefficient (Wildman–Crippen LogP) is 1.31. The topological polar surface area (TPSA) is 81.4 Å². The fraction of sp³-hybridized carbons (Fsp3) is 0.455. The fourth-order valence-electron chi connectivity index (χ4n) is 1.75. The molecule has 1 fully saturated rings. The second-order valence-electron chi connectivity index (χ2n) is 4.18. The van der Waals surface area contributed by atoms with Crippen molar-refractivity contribution in [2.24, 2.45) is 5.14 Å². The highest BCUT2D eigenvalue weighted by Crippen LogP contribution is 2.31. The summed E-state index contributed by atoms with van der Waals surface area (Å²) in [6.07, 6.45) is 3.40. The molecule has 0 unspecified atom stereocenters. The van der Waals surface area contributed by atoms with Crippen molar-refractivity contribution in [3.63, 3.8) is 0 Å². The van der Waals surface area contributed by atoms with Crippen LogP contribution >= 0.6 is 0 Å². The number of primary sulfonamides is 1. The molecule has 0 saturated heterocycles. The van der Waals surface area contributed by atoms with Crippen LogP contribution in [-0.4, -0.2) is 21.6 Å². The van der Waals surface area contributed by atoms with Crippen molar-refractivity contribution in [1.82, 2.24) is 0 Å². The molecule has 3 N–H and O–H groups in total. The zero-order chi connectivity index (χ0) is 12.5. The van der Waals surface area contributed by atoms with Crippen LogP contribution < -0.4 is 15.2 Å². The molecule has 0 spiro atoms. The summed E-state index contributed by atoms with van der Waals surface area (Å²) in [7, 11) is -2.12. The molecule has 0 aromatic heterocycles. The zero-order valence-corrected chi connectivity index (χ0v) is 10.5. The van der Waals surface area contributed by atoms with E-state index in [1.807, 2.05) is 0 Å². The van der Waals surface area contributed by atoms with Crippen molar-refractivity contribution >= 4 is 15.7 Å². The van der Waals surface area contributed by atoms with Gasteiger partial charge in [0, 0.05) is 6.04 Å². The van der Waals surface area contributed by atoms with Gasteiger partial charge < -0.3 is 10.1 Å². The third-order valence-corrected chi connectivity index (χ3v) is 3.88. The number of sulfonamides is 1. The smallest absolute Gasteiger partial charge is 0.238 e. The number of nitrogens with one attached hydrogen (secondary N) is 1. The largest absolute Gasteiger partial charge is 0.495 e. The monoisotopic (exact) mass is 256 g/mol. The average molecular weight is 256 g/mol. The molecule has 0 amide bonds. The van der Waals surface area contributed by atoms with E-state index in [4.69, 9.17) is 9.88 Å². The summed E-state index contributed by atoms with van der Waals surface area (Å²) < 4.78 is 27.7. The standard InChI is InChI=1S/C11H16N2O3S/c1-16-11-6-5-9(17(12,14)15)7-10(11)13-8-3-2-4-8/h5-8,13H,2-4H2,1H3,(H2,12,14,15). The maximum absolute atomic E-state index is 11.3. The first kappa shape index (κ1) is 12.2. The lowest BCUT2D eigenvalue weighted by Crippen LogP contribution is -2.27. The minimum atomic E-state index is -3.67. The van der Waals surface area contributed by atoms with Crippen LogP contribution in [-0.2, 0) is 10.0 Å². The van der Waals surface area contributed by atoms with Gasteiger partial charge in [-0.15, -0.1) is 0 Å². The van der Waals surface area contributed by atoms with Crippen LogP contribution in [0.5, 0.6) is 5.75 Å². The Morgan fingerprint density at radius 1 is 1.41 bits per heavy atom. The van der Waals surface area contributed by atoms with E-state index in [-0.39, 0.29) is 4.90 Å². The molecule has 1 aromatic rings. The summed E-state index contributed by atoms with van der Waals surface area (Å²) in [6.45, 7) is 0. The summed E-state index contributed by atoms with van der Waals surface area (Å²) in [6, 6.07) is 4.98. The Kier molecular flexibility index (Phi) is 3.26. The average Bonchev–Trinajstić information content (AvgIpc) is 2.22. The Bertz CT molecular complexity index is 509. The minimum Gasteiger partial charge on any atom is -0.495 e. The molecule has 1 aliphatic rings. The number of methoxy groups -OCH3 is 1. The first-order chi connectivity index (χ1) is 8.00. The van der Waals surface area contributed by atoms with Gasteiger partial charge in [0.1, 0.15) is 5.75 Å². The van der Waals surface area contributed by atoms with Crippen LogP contribution in [0, 0.1) is 0 Å². The van der Waals surface area contributed by atoms with Gasteiger partial charge >= 0.3 is 0 Å². The molecule has 1 aliphatic carbocycles. The highest BCUT2D eigenvalue weighted by atomic mass is 32.2. The van der Waals surface area contributed by atoms with E-state index in [9.17, 15) is 8.42 Å². The van der Waals surface area contributed by atoms with E-state index in [1.54, 1.807) is 13.2 Å². The first-order valence-electron chi connectivity index (χ1n) is 5.48. The van der Waals surface area contributed by atoms with Gasteiger partial charge in [-0.05, 0) is 37.5 Å². The van der Waals surface area contributed by atoms with E-state index < -0.39 is 10.0 Å². The van der Waals surface area contributed by atoms with Crippen LogP contribution in [0.25, 0.3) is 0 Å². The molecular weight excluding hydrogens is 240 g/mol. The first-order valence-corrected chi connectivity index (χ1v) is 7.03. The van der Waals surface area contributed by atoms with Gasteiger partial charge in [-0.1, -0.05) is 0 Å². The van der Waals surface area contributed by atoms with Crippen molar-refractivity contribution in [3.05, 3.63) is 18.2 Å². The highest BCUT2D eigenvalue weighted by molar-refractivity contribution is 7.89. The Morgan fingerprint density at radius 3 is 2.59 bits per heavy atom. The van der Waals surface area contributed by atoms with Crippen LogP contribution in [0.2, 0.25) is 0 Å². The maximum Gasteiger partial charge on any atom is 0.238 e. The Morgan fingerprint density at radius 2 is 2.12 bits per heavy atom. The molecule has 0 atom stereocenters. The van der Waals surface area contributed by atoms with Gasteiger partial charge in [-0.3, -0.25) is 0 Å². The number of anilines is 1. The summed E-state index contributed by atoms with van der Waals surface area (Å²) in [4.78, 5) is 0.0973. The Labute approximate surface area is 101 Å². The maximum atomic E-state index is 11.3. The van der Waals surface area contributed by atoms with E-state index in [2.05, 4.69) is 5.32 Å². The van der Waals surface area contributed by atoms with Gasteiger partial charge in [0.15, 0.2) is 0 Å². The molecule has 94 valence electrons. The van der Waals surface area contributed by atoms with E-state index in [1.165, 1.54) is 18.6 Å². The molecular formula is C11H16N2O3S. The normalized spacial score (nSPS) is 16.4. The summed E-state index contributed by atoms with van der Waals surface area (Å²) in [5, 5.41) is 8.36. The molecule has 1 aromatic carbocycles. The van der Waals surface area contributed by atoms with Crippen molar-refractivity contribution in [2.45, 2.75) is 30.2 Å². The lowest BCUT2D eigenvalue weighted by atomic mass is 9.93. The summed E-state index contributed by atoms with van der Waals surface area (Å²) in [5.74, 6) is 0.629. The van der Waals surface area contributed by atoms with E-state index in [0.29, 0.717) is 17.5 Å². The molecule has 17 heavy (non-hydrogen) atoms. The van der Waals surface area contributed by atoms with Gasteiger partial charge in [-0.2, -0.15) is 0 Å². The number of hydrogen-bond donors (Lipinski definition) is 2. The predicted molar refractivity (Wildman–Crippen MR) is 65.6 cm³/mol. The van der Waals surface area contributed by atoms with Crippen molar-refractivity contribution in [3.8, 4) is 5.75 Å². The summed E-state index contributed by atoms with van der Waals surface area (Å²) >= 11 is 0. The second kappa shape index (κ2) is 4.54.